The number of nitrogen functional groups attached to an aromatic ring is 1. The molecular weight excluding hydrogens is 232 g/mol. The summed E-state index contributed by atoms with van der Waals surface area (Å²) < 4.78 is 7.65. The molecule has 1 aromatic heterocycles. The fourth-order valence-corrected chi connectivity index (χ4v) is 2.40. The topological polar surface area (TPSA) is 96.2 Å². The van der Waals surface area contributed by atoms with Crippen LogP contribution in [0.1, 0.15) is 29.7 Å². The van der Waals surface area contributed by atoms with Crippen molar-refractivity contribution in [3.8, 4) is 5.75 Å². The van der Waals surface area contributed by atoms with Gasteiger partial charge in [0.1, 0.15) is 17.9 Å². The maximum atomic E-state index is 11.2. The van der Waals surface area contributed by atoms with Gasteiger partial charge in [-0.3, -0.25) is 4.79 Å². The van der Waals surface area contributed by atoms with Gasteiger partial charge in [-0.1, -0.05) is 6.92 Å². The summed E-state index contributed by atoms with van der Waals surface area (Å²) in [7, 11) is 0. The Hall–Kier alpha value is -2.24. The molecule has 0 saturated heterocycles. The Morgan fingerprint density at radius 3 is 3.06 bits per heavy atom. The minimum absolute atomic E-state index is 0.182. The number of hydrogen-bond donors (Lipinski definition) is 2. The van der Waals surface area contributed by atoms with Crippen molar-refractivity contribution in [1.82, 2.24) is 9.55 Å². The molecular formula is C12H14N4O2. The SMILES string of the molecule is CC[C@H]1COc2cc(C(N)=O)cc3nc(N)n1c23. The van der Waals surface area contributed by atoms with Crippen LogP contribution in [0.5, 0.6) is 5.75 Å². The van der Waals surface area contributed by atoms with E-state index in [1.54, 1.807) is 12.1 Å². The van der Waals surface area contributed by atoms with Crippen molar-refractivity contribution in [2.75, 3.05) is 12.3 Å². The number of rotatable bonds is 2. The predicted molar refractivity (Wildman–Crippen MR) is 67.5 cm³/mol. The first-order valence-electron chi connectivity index (χ1n) is 5.86. The lowest BCUT2D eigenvalue weighted by Gasteiger charge is -2.25. The molecule has 6 heteroatoms. The molecule has 1 aliphatic heterocycles. The smallest absolute Gasteiger partial charge is 0.248 e. The van der Waals surface area contributed by atoms with Crippen LogP contribution >= 0.6 is 0 Å². The molecule has 6 nitrogen and oxygen atoms in total. The molecule has 4 N–H and O–H groups in total. The first-order valence-corrected chi connectivity index (χ1v) is 5.86. The van der Waals surface area contributed by atoms with Crippen molar-refractivity contribution in [2.45, 2.75) is 19.4 Å². The largest absolute Gasteiger partial charge is 0.489 e. The molecule has 0 aliphatic carbocycles. The van der Waals surface area contributed by atoms with Gasteiger partial charge in [0, 0.05) is 5.56 Å². The number of anilines is 1. The molecule has 2 heterocycles. The average Bonchev–Trinajstić information content (AvgIpc) is 2.68. The van der Waals surface area contributed by atoms with Gasteiger partial charge in [-0.25, -0.2) is 4.98 Å². The molecule has 94 valence electrons. The Labute approximate surface area is 104 Å². The maximum Gasteiger partial charge on any atom is 0.248 e. The van der Waals surface area contributed by atoms with E-state index in [-0.39, 0.29) is 6.04 Å². The van der Waals surface area contributed by atoms with Crippen molar-refractivity contribution in [2.24, 2.45) is 5.73 Å². The van der Waals surface area contributed by atoms with Crippen LogP contribution in [0.4, 0.5) is 5.95 Å². The quantitative estimate of drug-likeness (QED) is 0.828. The number of nitrogens with zero attached hydrogens (tertiary/aromatic N) is 2. The zero-order chi connectivity index (χ0) is 12.9. The monoisotopic (exact) mass is 246 g/mol. The van der Waals surface area contributed by atoms with E-state index in [0.29, 0.717) is 29.4 Å². The first kappa shape index (κ1) is 10.9. The summed E-state index contributed by atoms with van der Waals surface area (Å²) >= 11 is 0. The van der Waals surface area contributed by atoms with Crippen LogP contribution < -0.4 is 16.2 Å². The molecule has 1 aromatic carbocycles. The van der Waals surface area contributed by atoms with Crippen LogP contribution in [0.15, 0.2) is 12.1 Å². The zero-order valence-corrected chi connectivity index (χ0v) is 10.0. The number of benzene rings is 1. The van der Waals surface area contributed by atoms with E-state index in [9.17, 15) is 4.79 Å². The number of ether oxygens (including phenoxy) is 1. The highest BCUT2D eigenvalue weighted by Crippen LogP contribution is 2.36. The van der Waals surface area contributed by atoms with Crippen molar-refractivity contribution >= 4 is 22.9 Å². The Bertz CT molecular complexity index is 647. The summed E-state index contributed by atoms with van der Waals surface area (Å²) in [6.45, 7) is 2.60. The molecule has 0 spiro atoms. The number of carbonyl (C=O) groups is 1. The number of imidazole rings is 1. The van der Waals surface area contributed by atoms with Gasteiger partial charge in [0.05, 0.1) is 11.6 Å². The fraction of sp³-hybridized carbons (Fsp3) is 0.333. The van der Waals surface area contributed by atoms with Crippen LogP contribution in [-0.4, -0.2) is 22.1 Å². The summed E-state index contributed by atoms with van der Waals surface area (Å²) in [5.74, 6) is 0.570. The summed E-state index contributed by atoms with van der Waals surface area (Å²) in [6.07, 6.45) is 0.909. The third-order valence-corrected chi connectivity index (χ3v) is 3.33. The molecule has 3 rings (SSSR count). The third kappa shape index (κ3) is 1.35. The minimum Gasteiger partial charge on any atom is -0.489 e. The second-order valence-electron chi connectivity index (χ2n) is 4.42. The van der Waals surface area contributed by atoms with Crippen LogP contribution in [-0.2, 0) is 0 Å². The Morgan fingerprint density at radius 2 is 2.39 bits per heavy atom. The average molecular weight is 246 g/mol. The van der Waals surface area contributed by atoms with Crippen LogP contribution in [0.25, 0.3) is 11.0 Å². The normalized spacial score (nSPS) is 17.7. The van der Waals surface area contributed by atoms with Gasteiger partial charge in [-0.2, -0.15) is 0 Å². The van der Waals surface area contributed by atoms with E-state index in [1.807, 2.05) is 4.57 Å². The van der Waals surface area contributed by atoms with Crippen molar-refractivity contribution < 1.29 is 9.53 Å². The van der Waals surface area contributed by atoms with Crippen LogP contribution in [0.2, 0.25) is 0 Å². The third-order valence-electron chi connectivity index (χ3n) is 3.33. The number of nitrogens with two attached hydrogens (primary N) is 2. The number of primary amides is 1. The van der Waals surface area contributed by atoms with Gasteiger partial charge in [-0.05, 0) is 18.6 Å². The Morgan fingerprint density at radius 1 is 1.61 bits per heavy atom. The second-order valence-corrected chi connectivity index (χ2v) is 4.42. The Balaban J connectivity index is 2.33. The fourth-order valence-electron chi connectivity index (χ4n) is 2.40. The second kappa shape index (κ2) is 3.63. The number of aromatic nitrogens is 2. The highest BCUT2D eigenvalue weighted by atomic mass is 16.5. The summed E-state index contributed by atoms with van der Waals surface area (Å²) in [5.41, 5.74) is 13.1. The maximum absolute atomic E-state index is 11.2. The first-order chi connectivity index (χ1) is 8.61. The minimum atomic E-state index is -0.498. The molecule has 0 bridgehead atoms. The lowest BCUT2D eigenvalue weighted by atomic mass is 10.1. The molecule has 0 fully saturated rings. The van der Waals surface area contributed by atoms with Crippen LogP contribution in [0, 0.1) is 0 Å². The highest BCUT2D eigenvalue weighted by molar-refractivity contribution is 5.99. The van der Waals surface area contributed by atoms with Crippen molar-refractivity contribution in [3.63, 3.8) is 0 Å². The van der Waals surface area contributed by atoms with Gasteiger partial charge in [0.25, 0.3) is 0 Å². The van der Waals surface area contributed by atoms with Gasteiger partial charge in [-0.15, -0.1) is 0 Å². The van der Waals surface area contributed by atoms with Gasteiger partial charge in [0.15, 0.2) is 0 Å². The summed E-state index contributed by atoms with van der Waals surface area (Å²) in [4.78, 5) is 15.5. The van der Waals surface area contributed by atoms with Crippen molar-refractivity contribution in [3.05, 3.63) is 17.7 Å². The summed E-state index contributed by atoms with van der Waals surface area (Å²) in [5, 5.41) is 0. The van der Waals surface area contributed by atoms with Gasteiger partial charge < -0.3 is 20.8 Å². The predicted octanol–water partition coefficient (Wildman–Crippen LogP) is 1.06. The molecule has 1 atom stereocenters. The van der Waals surface area contributed by atoms with E-state index in [0.717, 1.165) is 11.9 Å². The molecule has 0 radical (unpaired) electrons. The van der Waals surface area contributed by atoms with Gasteiger partial charge >= 0.3 is 0 Å². The number of carbonyl (C=O) groups excluding carboxylic acids is 1. The standard InChI is InChI=1S/C12H14N4O2/c1-2-7-5-18-9-4-6(11(13)17)3-8-10(9)16(7)12(14)15-8/h3-4,7H,2,5H2,1H3,(H2,13,17)(H2,14,15)/t7-/m0/s1. The molecule has 0 saturated carbocycles. The van der Waals surface area contributed by atoms with E-state index in [1.165, 1.54) is 0 Å². The molecule has 18 heavy (non-hydrogen) atoms. The van der Waals surface area contributed by atoms with E-state index in [4.69, 9.17) is 16.2 Å². The highest BCUT2D eigenvalue weighted by Gasteiger charge is 2.25. The van der Waals surface area contributed by atoms with E-state index >= 15 is 0 Å². The van der Waals surface area contributed by atoms with Crippen molar-refractivity contribution in [1.29, 1.82) is 0 Å². The van der Waals surface area contributed by atoms with E-state index < -0.39 is 5.91 Å². The number of hydrogen-bond acceptors (Lipinski definition) is 4. The lowest BCUT2D eigenvalue weighted by molar-refractivity contribution is 0.1000. The van der Waals surface area contributed by atoms with Crippen LogP contribution in [0.3, 0.4) is 0 Å². The molecule has 1 aliphatic rings. The number of amides is 1. The molecule has 0 unspecified atom stereocenters. The molecule has 2 aromatic rings. The molecule has 1 amide bonds. The lowest BCUT2D eigenvalue weighted by Crippen LogP contribution is -2.23. The summed E-state index contributed by atoms with van der Waals surface area (Å²) in [6, 6.07) is 3.48. The van der Waals surface area contributed by atoms with Gasteiger partial charge in [0.2, 0.25) is 11.9 Å². The zero-order valence-electron chi connectivity index (χ0n) is 10.0. The Kier molecular flexibility index (Phi) is 2.19. The van der Waals surface area contributed by atoms with E-state index in [2.05, 4.69) is 11.9 Å².